The Morgan fingerprint density at radius 3 is 3.05 bits per heavy atom. The normalized spacial score (nSPS) is 18.7. The second-order valence-electron chi connectivity index (χ2n) is 4.43. The summed E-state index contributed by atoms with van der Waals surface area (Å²) in [4.78, 5) is 11.8. The fraction of sp³-hybridized carbons (Fsp3) is 0.286. The van der Waals surface area contributed by atoms with Crippen molar-refractivity contribution in [3.05, 3.63) is 40.4 Å². The minimum atomic E-state index is -0.415. The second kappa shape index (κ2) is 6.52. The van der Waals surface area contributed by atoms with E-state index in [0.717, 1.165) is 23.7 Å². The van der Waals surface area contributed by atoms with E-state index in [0.29, 0.717) is 5.92 Å². The first-order chi connectivity index (χ1) is 9.16. The highest BCUT2D eigenvalue weighted by atomic mass is 79.9. The molecule has 2 rings (SSSR count). The maximum absolute atomic E-state index is 11.8. The van der Waals surface area contributed by atoms with Gasteiger partial charge in [-0.3, -0.25) is 4.79 Å². The van der Waals surface area contributed by atoms with Crippen molar-refractivity contribution in [1.82, 2.24) is 5.43 Å². The van der Waals surface area contributed by atoms with E-state index < -0.39 is 5.91 Å². The molecule has 0 saturated carbocycles. The molecule has 0 saturated heterocycles. The Bertz CT molecular complexity index is 526. The molecule has 0 fully saturated rings. The topological polar surface area (TPSA) is 61.7 Å². The Hall–Kier alpha value is -1.62. The number of nitrogens with one attached hydrogen (secondary N) is 1. The van der Waals surface area contributed by atoms with Gasteiger partial charge < -0.3 is 5.11 Å². The quantitative estimate of drug-likeness (QED) is 0.510. The largest absolute Gasteiger partial charge is 0.507 e. The summed E-state index contributed by atoms with van der Waals surface area (Å²) >= 11 is 3.26. The first-order valence-corrected chi connectivity index (χ1v) is 6.93. The number of phenolic OH excluding ortho intramolecular Hbond substituents is 1. The first-order valence-electron chi connectivity index (χ1n) is 6.14. The van der Waals surface area contributed by atoms with Crippen LogP contribution in [0.5, 0.6) is 5.75 Å². The summed E-state index contributed by atoms with van der Waals surface area (Å²) in [6.45, 7) is 0. The number of carbonyl (C=O) groups excluding carboxylic acids is 1. The molecule has 4 nitrogen and oxygen atoms in total. The lowest BCUT2D eigenvalue weighted by Crippen LogP contribution is -2.19. The zero-order valence-corrected chi connectivity index (χ0v) is 11.9. The van der Waals surface area contributed by atoms with Gasteiger partial charge in [-0.15, -0.1) is 0 Å². The summed E-state index contributed by atoms with van der Waals surface area (Å²) in [6, 6.07) is 4.70. The van der Waals surface area contributed by atoms with Crippen molar-refractivity contribution in [2.24, 2.45) is 11.0 Å². The molecule has 0 aromatic heterocycles. The van der Waals surface area contributed by atoms with Gasteiger partial charge in [0, 0.05) is 10.7 Å². The van der Waals surface area contributed by atoms with Gasteiger partial charge in [-0.2, -0.15) is 5.10 Å². The third-order valence-electron chi connectivity index (χ3n) is 2.96. The summed E-state index contributed by atoms with van der Waals surface area (Å²) in [6.07, 6.45) is 9.11. The average Bonchev–Trinajstić information content (AvgIpc) is 2.42. The van der Waals surface area contributed by atoms with Gasteiger partial charge in [-0.1, -0.05) is 28.1 Å². The number of allylic oxidation sites excluding steroid dienone is 2. The molecule has 1 aromatic carbocycles. The standard InChI is InChI=1S/C14H15BrN2O2/c15-11-6-7-13(18)12(8-11)14(19)17-16-9-10-4-2-1-3-5-10/h1-2,6-10,18H,3-5H2,(H,17,19)/b16-9-/t10-/m0/s1. The van der Waals surface area contributed by atoms with Gasteiger partial charge in [-0.05, 0) is 43.4 Å². The molecule has 0 spiro atoms. The molecule has 1 aliphatic rings. The van der Waals surface area contributed by atoms with Crippen molar-refractivity contribution in [2.45, 2.75) is 19.3 Å². The Morgan fingerprint density at radius 1 is 1.47 bits per heavy atom. The number of nitrogens with zero attached hydrogens (tertiary/aromatic N) is 1. The van der Waals surface area contributed by atoms with Crippen LogP contribution in [0.15, 0.2) is 39.9 Å². The molecule has 100 valence electrons. The third-order valence-corrected chi connectivity index (χ3v) is 3.46. The van der Waals surface area contributed by atoms with E-state index in [1.807, 2.05) is 0 Å². The first kappa shape index (κ1) is 13.8. The summed E-state index contributed by atoms with van der Waals surface area (Å²) in [7, 11) is 0. The van der Waals surface area contributed by atoms with Crippen LogP contribution in [-0.4, -0.2) is 17.2 Å². The van der Waals surface area contributed by atoms with E-state index in [9.17, 15) is 9.90 Å². The van der Waals surface area contributed by atoms with Crippen molar-refractivity contribution < 1.29 is 9.90 Å². The van der Waals surface area contributed by atoms with Crippen LogP contribution in [0.4, 0.5) is 0 Å². The van der Waals surface area contributed by atoms with Gasteiger partial charge >= 0.3 is 0 Å². The van der Waals surface area contributed by atoms with Crippen LogP contribution < -0.4 is 5.43 Å². The second-order valence-corrected chi connectivity index (χ2v) is 5.34. The molecule has 0 unspecified atom stereocenters. The lowest BCUT2D eigenvalue weighted by molar-refractivity contribution is 0.0952. The molecule has 2 N–H and O–H groups in total. The highest BCUT2D eigenvalue weighted by Gasteiger charge is 2.11. The molecular formula is C14H15BrN2O2. The van der Waals surface area contributed by atoms with Crippen LogP contribution >= 0.6 is 15.9 Å². The number of amides is 1. The van der Waals surface area contributed by atoms with Gasteiger partial charge in [-0.25, -0.2) is 5.43 Å². The van der Waals surface area contributed by atoms with Crippen molar-refractivity contribution in [2.75, 3.05) is 0 Å². The van der Waals surface area contributed by atoms with Gasteiger partial charge in [0.15, 0.2) is 0 Å². The molecule has 5 heteroatoms. The number of carbonyl (C=O) groups is 1. The van der Waals surface area contributed by atoms with Crippen molar-refractivity contribution in [1.29, 1.82) is 0 Å². The summed E-state index contributed by atoms with van der Waals surface area (Å²) in [5, 5.41) is 13.6. The predicted molar refractivity (Wildman–Crippen MR) is 78.2 cm³/mol. The van der Waals surface area contributed by atoms with Crippen LogP contribution in [0.1, 0.15) is 29.6 Å². The molecule has 0 radical (unpaired) electrons. The SMILES string of the molecule is O=C(N/N=C\[C@H]1CC=CCC1)c1cc(Br)ccc1O. The number of hydrogen-bond donors (Lipinski definition) is 2. The molecule has 1 amide bonds. The molecule has 1 atom stereocenters. The number of halogens is 1. The van der Waals surface area contributed by atoms with Crippen LogP contribution in [0.2, 0.25) is 0 Å². The maximum Gasteiger partial charge on any atom is 0.275 e. The van der Waals surface area contributed by atoms with Gasteiger partial charge in [0.1, 0.15) is 5.75 Å². The van der Waals surface area contributed by atoms with Crippen molar-refractivity contribution in [3.8, 4) is 5.75 Å². The fourth-order valence-corrected chi connectivity index (χ4v) is 2.27. The molecule has 0 heterocycles. The van der Waals surface area contributed by atoms with E-state index in [1.165, 1.54) is 6.07 Å². The van der Waals surface area contributed by atoms with Crippen LogP contribution in [-0.2, 0) is 0 Å². The number of hydrogen-bond acceptors (Lipinski definition) is 3. The van der Waals surface area contributed by atoms with E-state index in [2.05, 4.69) is 38.6 Å². The highest BCUT2D eigenvalue weighted by molar-refractivity contribution is 9.10. The number of phenols is 1. The molecule has 19 heavy (non-hydrogen) atoms. The van der Waals surface area contributed by atoms with Crippen molar-refractivity contribution >= 4 is 28.1 Å². The van der Waals surface area contributed by atoms with Crippen LogP contribution in [0.25, 0.3) is 0 Å². The predicted octanol–water partition coefficient (Wildman–Crippen LogP) is 3.23. The Balaban J connectivity index is 1.95. The number of benzene rings is 1. The lowest BCUT2D eigenvalue weighted by Gasteiger charge is -2.11. The summed E-state index contributed by atoms with van der Waals surface area (Å²) in [5.41, 5.74) is 2.64. The van der Waals surface area contributed by atoms with E-state index in [4.69, 9.17) is 0 Å². The number of rotatable bonds is 3. The highest BCUT2D eigenvalue weighted by Crippen LogP contribution is 2.21. The number of aromatic hydroxyl groups is 1. The van der Waals surface area contributed by atoms with Crippen molar-refractivity contribution in [3.63, 3.8) is 0 Å². The Kier molecular flexibility index (Phi) is 4.74. The molecule has 1 aliphatic carbocycles. The van der Waals surface area contributed by atoms with E-state index >= 15 is 0 Å². The summed E-state index contributed by atoms with van der Waals surface area (Å²) in [5.74, 6) is -0.0979. The zero-order chi connectivity index (χ0) is 13.7. The lowest BCUT2D eigenvalue weighted by atomic mass is 9.96. The zero-order valence-electron chi connectivity index (χ0n) is 10.3. The van der Waals surface area contributed by atoms with E-state index in [1.54, 1.807) is 18.3 Å². The number of hydrazone groups is 1. The van der Waals surface area contributed by atoms with Gasteiger partial charge in [0.25, 0.3) is 5.91 Å². The maximum atomic E-state index is 11.8. The third kappa shape index (κ3) is 3.92. The average molecular weight is 323 g/mol. The van der Waals surface area contributed by atoms with E-state index in [-0.39, 0.29) is 11.3 Å². The Morgan fingerprint density at radius 2 is 2.32 bits per heavy atom. The molecule has 0 bridgehead atoms. The van der Waals surface area contributed by atoms with Crippen LogP contribution in [0.3, 0.4) is 0 Å². The smallest absolute Gasteiger partial charge is 0.275 e. The van der Waals surface area contributed by atoms with Crippen LogP contribution in [0, 0.1) is 5.92 Å². The van der Waals surface area contributed by atoms with Gasteiger partial charge in [0.2, 0.25) is 0 Å². The minimum absolute atomic E-state index is 0.0588. The monoisotopic (exact) mass is 322 g/mol. The molecule has 0 aliphatic heterocycles. The fourth-order valence-electron chi connectivity index (χ4n) is 1.90. The minimum Gasteiger partial charge on any atom is -0.507 e. The summed E-state index contributed by atoms with van der Waals surface area (Å²) < 4.78 is 0.733. The molecular weight excluding hydrogens is 308 g/mol. The Labute approximate surface area is 120 Å². The molecule has 1 aromatic rings. The van der Waals surface area contributed by atoms with Gasteiger partial charge in [0.05, 0.1) is 5.56 Å².